The zero-order chi connectivity index (χ0) is 16.7. The van der Waals surface area contributed by atoms with Crippen molar-refractivity contribution >= 4 is 7.82 Å². The second-order valence-electron chi connectivity index (χ2n) is 4.47. The normalized spacial score (nSPS) is 29.0. The number of alkyl halides is 2. The van der Waals surface area contributed by atoms with Crippen LogP contribution in [0.1, 0.15) is 12.6 Å². The minimum atomic E-state index is -5.07. The van der Waals surface area contributed by atoms with Crippen molar-refractivity contribution in [2.24, 2.45) is 0 Å². The molecule has 0 radical (unpaired) electrons. The molecule has 1 aliphatic rings. The lowest BCUT2D eigenvalue weighted by Crippen LogP contribution is -2.38. The van der Waals surface area contributed by atoms with Gasteiger partial charge in [-0.15, -0.1) is 0 Å². The first-order valence-electron chi connectivity index (χ1n) is 5.74. The zero-order valence-electron chi connectivity index (χ0n) is 10.6. The van der Waals surface area contributed by atoms with E-state index in [0.717, 1.165) is 0 Å². The van der Waals surface area contributed by atoms with Crippen LogP contribution in [0, 0.1) is 5.82 Å². The van der Waals surface area contributed by atoms with Crippen LogP contribution in [0.2, 0.25) is 0 Å². The third kappa shape index (κ3) is 3.47. The summed E-state index contributed by atoms with van der Waals surface area (Å²) in [6, 6.07) is 0. The first kappa shape index (κ1) is 16.9. The van der Waals surface area contributed by atoms with Gasteiger partial charge in [0.05, 0.1) is 6.20 Å². The lowest BCUT2D eigenvalue weighted by atomic mass is 10.2. The summed E-state index contributed by atoms with van der Waals surface area (Å²) in [6.45, 7) is -1.43. The molecule has 1 saturated heterocycles. The van der Waals surface area contributed by atoms with Gasteiger partial charge in [0.2, 0.25) is 5.82 Å². The molecule has 3 atom stereocenters. The maximum atomic E-state index is 14.1. The quantitative estimate of drug-likeness (QED) is 0.638. The van der Waals surface area contributed by atoms with Crippen LogP contribution < -0.4 is 11.2 Å². The number of rotatable bonds is 4. The zero-order valence-corrected chi connectivity index (χ0v) is 11.5. The van der Waals surface area contributed by atoms with Crippen molar-refractivity contribution in [1.29, 1.82) is 0 Å². The molecule has 0 bridgehead atoms. The summed E-state index contributed by atoms with van der Waals surface area (Å²) in [4.78, 5) is 40.9. The predicted molar refractivity (Wildman–Crippen MR) is 62.8 cm³/mol. The number of halogens is 3. The Bertz CT molecular complexity index is 731. The first-order valence-corrected chi connectivity index (χ1v) is 7.27. The number of phosphoric acid groups is 1. The topological polar surface area (TPSA) is 131 Å². The second kappa shape index (κ2) is 5.63. The fraction of sp³-hybridized carbons (Fsp3) is 0.556. The number of H-pyrrole nitrogens is 1. The number of hydrogen-bond acceptors (Lipinski definition) is 5. The molecular weight excluding hydrogens is 336 g/mol. The molecule has 1 aromatic heterocycles. The van der Waals surface area contributed by atoms with E-state index >= 15 is 0 Å². The van der Waals surface area contributed by atoms with Gasteiger partial charge in [0.15, 0.2) is 6.17 Å². The molecule has 0 amide bonds. The highest BCUT2D eigenvalue weighted by molar-refractivity contribution is 7.46. The van der Waals surface area contributed by atoms with Crippen LogP contribution in [0.5, 0.6) is 0 Å². The SMILES string of the molecule is O=c1[nH]c(=O)n([C@H]2C[C@H](F)[C@@](F)(COP(=O)(O)O)O2)cc1F. The average molecular weight is 346 g/mol. The Balaban J connectivity index is 2.24. The minimum absolute atomic E-state index is 0.411. The molecule has 0 unspecified atom stereocenters. The summed E-state index contributed by atoms with van der Waals surface area (Å²) in [5.41, 5.74) is -2.48. The van der Waals surface area contributed by atoms with Crippen molar-refractivity contribution < 1.29 is 36.8 Å². The highest BCUT2D eigenvalue weighted by atomic mass is 31.2. The lowest BCUT2D eigenvalue weighted by molar-refractivity contribution is -0.193. The third-order valence-electron chi connectivity index (χ3n) is 2.87. The van der Waals surface area contributed by atoms with Gasteiger partial charge in [-0.25, -0.2) is 18.1 Å². The fourth-order valence-electron chi connectivity index (χ4n) is 1.84. The number of hydrogen-bond donors (Lipinski definition) is 3. The van der Waals surface area contributed by atoms with Gasteiger partial charge in [0.1, 0.15) is 12.8 Å². The molecule has 1 fully saturated rings. The average Bonchev–Trinajstić information content (AvgIpc) is 2.68. The third-order valence-corrected chi connectivity index (χ3v) is 3.34. The van der Waals surface area contributed by atoms with Crippen molar-refractivity contribution in [3.8, 4) is 0 Å². The number of nitrogens with one attached hydrogen (secondary N) is 1. The number of ether oxygens (including phenoxy) is 1. The first-order chi connectivity index (χ1) is 10.0. The van der Waals surface area contributed by atoms with Crippen LogP contribution in [0.15, 0.2) is 15.8 Å². The molecule has 9 nitrogen and oxygen atoms in total. The number of nitrogens with zero attached hydrogens (tertiary/aromatic N) is 1. The summed E-state index contributed by atoms with van der Waals surface area (Å²) in [6.07, 6.45) is -4.37. The summed E-state index contributed by atoms with van der Waals surface area (Å²) < 4.78 is 60.3. The summed E-state index contributed by atoms with van der Waals surface area (Å²) in [7, 11) is -5.07. The second-order valence-corrected chi connectivity index (χ2v) is 5.71. The molecule has 0 saturated carbocycles. The number of aromatic nitrogens is 2. The highest BCUT2D eigenvalue weighted by Gasteiger charge is 2.52. The van der Waals surface area contributed by atoms with Gasteiger partial charge in [0.25, 0.3) is 11.4 Å². The molecule has 13 heteroatoms. The van der Waals surface area contributed by atoms with E-state index in [0.29, 0.717) is 10.8 Å². The van der Waals surface area contributed by atoms with Gasteiger partial charge in [-0.3, -0.25) is 18.9 Å². The highest BCUT2D eigenvalue weighted by Crippen LogP contribution is 2.44. The maximum Gasteiger partial charge on any atom is 0.469 e. The van der Waals surface area contributed by atoms with Crippen molar-refractivity contribution in [3.05, 3.63) is 32.9 Å². The van der Waals surface area contributed by atoms with E-state index in [9.17, 15) is 27.3 Å². The molecule has 0 spiro atoms. The van der Waals surface area contributed by atoms with E-state index in [-0.39, 0.29) is 0 Å². The van der Waals surface area contributed by atoms with Gasteiger partial charge in [-0.1, -0.05) is 0 Å². The van der Waals surface area contributed by atoms with Crippen molar-refractivity contribution in [2.75, 3.05) is 6.61 Å². The Kier molecular flexibility index (Phi) is 4.33. The fourth-order valence-corrected chi connectivity index (χ4v) is 2.19. The Hall–Kier alpha value is -1.46. The molecule has 124 valence electrons. The Morgan fingerprint density at radius 1 is 1.55 bits per heavy atom. The van der Waals surface area contributed by atoms with Gasteiger partial charge >= 0.3 is 13.5 Å². The van der Waals surface area contributed by atoms with E-state index in [4.69, 9.17) is 9.79 Å². The molecule has 1 aromatic rings. The Morgan fingerprint density at radius 2 is 2.18 bits per heavy atom. The molecule has 22 heavy (non-hydrogen) atoms. The predicted octanol–water partition coefficient (Wildman–Crippen LogP) is -0.292. The van der Waals surface area contributed by atoms with Gasteiger partial charge in [0, 0.05) is 6.42 Å². The number of phosphoric ester groups is 1. The summed E-state index contributed by atoms with van der Waals surface area (Å²) in [5, 5.41) is 0. The minimum Gasteiger partial charge on any atom is -0.317 e. The number of aromatic amines is 1. The molecule has 2 heterocycles. The van der Waals surface area contributed by atoms with Crippen LogP contribution in [0.3, 0.4) is 0 Å². The molecule has 0 aromatic carbocycles. The van der Waals surface area contributed by atoms with Crippen molar-refractivity contribution in [2.45, 2.75) is 24.7 Å². The van der Waals surface area contributed by atoms with E-state index in [1.54, 1.807) is 4.98 Å². The Morgan fingerprint density at radius 3 is 2.77 bits per heavy atom. The molecular formula is C9H10F3N2O7P. The van der Waals surface area contributed by atoms with Gasteiger partial charge in [-0.2, -0.15) is 4.39 Å². The molecule has 2 rings (SSSR count). The standard InChI is InChI=1S/C9H10F3N2O7P/c10-4-2-14(8(16)13-7(4)15)6-1-5(11)9(12,21-6)3-20-22(17,18)19/h2,5-6H,1,3H2,(H,13,15,16)(H2,17,18,19)/t5-,6+,9+/m0/s1. The Labute approximate surface area is 119 Å². The monoisotopic (exact) mass is 346 g/mol. The largest absolute Gasteiger partial charge is 0.469 e. The van der Waals surface area contributed by atoms with Gasteiger partial charge < -0.3 is 14.5 Å². The van der Waals surface area contributed by atoms with E-state index < -0.39 is 56.2 Å². The smallest absolute Gasteiger partial charge is 0.317 e. The van der Waals surface area contributed by atoms with Crippen LogP contribution in [-0.2, 0) is 13.8 Å². The van der Waals surface area contributed by atoms with E-state index in [2.05, 4.69) is 9.26 Å². The van der Waals surface area contributed by atoms with Crippen molar-refractivity contribution in [1.82, 2.24) is 9.55 Å². The maximum absolute atomic E-state index is 14.1. The van der Waals surface area contributed by atoms with Crippen LogP contribution in [0.25, 0.3) is 0 Å². The van der Waals surface area contributed by atoms with Crippen molar-refractivity contribution in [3.63, 3.8) is 0 Å². The summed E-state index contributed by atoms with van der Waals surface area (Å²) >= 11 is 0. The van der Waals surface area contributed by atoms with Gasteiger partial charge in [-0.05, 0) is 0 Å². The van der Waals surface area contributed by atoms with Crippen LogP contribution in [0.4, 0.5) is 13.2 Å². The summed E-state index contributed by atoms with van der Waals surface area (Å²) in [5.74, 6) is -4.61. The van der Waals surface area contributed by atoms with E-state index in [1.807, 2.05) is 0 Å². The van der Waals surface area contributed by atoms with Crippen LogP contribution >= 0.6 is 7.82 Å². The van der Waals surface area contributed by atoms with E-state index in [1.165, 1.54) is 0 Å². The molecule has 3 N–H and O–H groups in total. The lowest BCUT2D eigenvalue weighted by Gasteiger charge is -2.22. The molecule has 1 aliphatic heterocycles. The van der Waals surface area contributed by atoms with Crippen LogP contribution in [-0.4, -0.2) is 38.0 Å². The molecule has 0 aliphatic carbocycles.